The molecule has 0 radical (unpaired) electrons. The van der Waals surface area contributed by atoms with Crippen LogP contribution in [0, 0.1) is 5.82 Å². The molecule has 0 spiro atoms. The molecule has 0 bridgehead atoms. The van der Waals surface area contributed by atoms with E-state index in [0.29, 0.717) is 24.9 Å². The summed E-state index contributed by atoms with van der Waals surface area (Å²) in [5.41, 5.74) is 8.37. The molecule has 6 nitrogen and oxygen atoms in total. The van der Waals surface area contributed by atoms with Gasteiger partial charge in [-0.3, -0.25) is 4.90 Å². The molecule has 0 aromatic carbocycles. The topological polar surface area (TPSA) is 77.2 Å². The summed E-state index contributed by atoms with van der Waals surface area (Å²) in [5, 5.41) is 0. The number of anilines is 1. The molecule has 2 aromatic rings. The number of rotatable bonds is 3. The van der Waals surface area contributed by atoms with Gasteiger partial charge in [0.2, 0.25) is 11.8 Å². The number of hydrogen-bond acceptors (Lipinski definition) is 6. The number of fused-ring (bicyclic) bond motifs is 1. The van der Waals surface area contributed by atoms with Crippen LogP contribution >= 0.6 is 0 Å². The highest BCUT2D eigenvalue weighted by Gasteiger charge is 2.20. The number of ether oxygens (including phenoxy) is 1. The highest BCUT2D eigenvalue weighted by molar-refractivity contribution is 5.29. The molecule has 110 valence electrons. The summed E-state index contributed by atoms with van der Waals surface area (Å²) in [5.74, 6) is 0.397. The number of nitrogens with zero attached hydrogens (tertiary/aromatic N) is 4. The number of methoxy groups -OCH3 is 1. The zero-order valence-electron chi connectivity index (χ0n) is 11.7. The lowest BCUT2D eigenvalue weighted by molar-refractivity contribution is 0.238. The van der Waals surface area contributed by atoms with E-state index < -0.39 is 0 Å². The molecule has 3 rings (SSSR count). The van der Waals surface area contributed by atoms with E-state index in [1.165, 1.54) is 13.2 Å². The van der Waals surface area contributed by atoms with Gasteiger partial charge in [0.1, 0.15) is 5.82 Å². The van der Waals surface area contributed by atoms with Crippen molar-refractivity contribution in [3.8, 4) is 5.88 Å². The Morgan fingerprint density at radius 3 is 3.05 bits per heavy atom. The Kier molecular flexibility index (Phi) is 3.66. The average molecular weight is 289 g/mol. The molecule has 0 fully saturated rings. The molecular formula is C14H16FN5O. The normalized spacial score (nSPS) is 14.8. The molecule has 0 unspecified atom stereocenters. The fourth-order valence-electron chi connectivity index (χ4n) is 2.53. The van der Waals surface area contributed by atoms with Gasteiger partial charge in [0.05, 0.1) is 19.0 Å². The lowest BCUT2D eigenvalue weighted by atomic mass is 10.1. The van der Waals surface area contributed by atoms with Gasteiger partial charge in [0, 0.05) is 43.4 Å². The Morgan fingerprint density at radius 1 is 1.38 bits per heavy atom. The van der Waals surface area contributed by atoms with Gasteiger partial charge in [0.15, 0.2) is 0 Å². The minimum atomic E-state index is -0.362. The Balaban J connectivity index is 1.78. The highest BCUT2D eigenvalue weighted by atomic mass is 19.1. The van der Waals surface area contributed by atoms with Crippen molar-refractivity contribution in [2.24, 2.45) is 0 Å². The predicted octanol–water partition coefficient (Wildman–Crippen LogP) is 1.16. The van der Waals surface area contributed by atoms with Gasteiger partial charge in [0.25, 0.3) is 0 Å². The van der Waals surface area contributed by atoms with Crippen molar-refractivity contribution in [3.05, 3.63) is 41.1 Å². The molecule has 1 aliphatic heterocycles. The highest BCUT2D eigenvalue weighted by Crippen LogP contribution is 2.22. The molecule has 7 heteroatoms. The van der Waals surface area contributed by atoms with Gasteiger partial charge in [-0.05, 0) is 6.07 Å². The van der Waals surface area contributed by atoms with Crippen molar-refractivity contribution in [2.45, 2.75) is 19.5 Å². The Bertz CT molecular complexity index is 664. The van der Waals surface area contributed by atoms with Crippen LogP contribution in [0.15, 0.2) is 18.5 Å². The molecular weight excluding hydrogens is 273 g/mol. The van der Waals surface area contributed by atoms with Crippen molar-refractivity contribution < 1.29 is 9.13 Å². The number of halogens is 1. The summed E-state index contributed by atoms with van der Waals surface area (Å²) in [6.45, 7) is 2.09. The minimum absolute atomic E-state index is 0.304. The smallest absolute Gasteiger partial charge is 0.220 e. The molecule has 0 atom stereocenters. The lowest BCUT2D eigenvalue weighted by Crippen LogP contribution is -2.31. The Labute approximate surface area is 121 Å². The van der Waals surface area contributed by atoms with Crippen molar-refractivity contribution in [1.82, 2.24) is 19.9 Å². The first kappa shape index (κ1) is 13.7. The van der Waals surface area contributed by atoms with E-state index in [1.54, 1.807) is 6.20 Å². The monoisotopic (exact) mass is 289 g/mol. The molecule has 1 aliphatic rings. The average Bonchev–Trinajstić information content (AvgIpc) is 2.48. The van der Waals surface area contributed by atoms with E-state index in [1.807, 2.05) is 0 Å². The minimum Gasteiger partial charge on any atom is -0.481 e. The van der Waals surface area contributed by atoms with Crippen LogP contribution in [0.5, 0.6) is 5.88 Å². The maximum absolute atomic E-state index is 13.4. The Morgan fingerprint density at radius 2 is 2.24 bits per heavy atom. The van der Waals surface area contributed by atoms with Crippen LogP contribution in [0.4, 0.5) is 10.3 Å². The van der Waals surface area contributed by atoms with E-state index in [0.717, 1.165) is 36.0 Å². The van der Waals surface area contributed by atoms with Gasteiger partial charge < -0.3 is 10.5 Å². The van der Waals surface area contributed by atoms with Crippen molar-refractivity contribution in [3.63, 3.8) is 0 Å². The third-order valence-electron chi connectivity index (χ3n) is 3.51. The fourth-order valence-corrected chi connectivity index (χ4v) is 2.53. The molecule has 2 N–H and O–H groups in total. The zero-order chi connectivity index (χ0) is 14.8. The molecule has 0 amide bonds. The lowest BCUT2D eigenvalue weighted by Gasteiger charge is -2.28. The summed E-state index contributed by atoms with van der Waals surface area (Å²) in [4.78, 5) is 14.4. The molecule has 0 saturated carbocycles. The van der Waals surface area contributed by atoms with Crippen molar-refractivity contribution >= 4 is 5.95 Å². The summed E-state index contributed by atoms with van der Waals surface area (Å²) >= 11 is 0. The van der Waals surface area contributed by atoms with E-state index in [9.17, 15) is 4.39 Å². The van der Waals surface area contributed by atoms with E-state index in [4.69, 9.17) is 10.5 Å². The van der Waals surface area contributed by atoms with Gasteiger partial charge in [-0.25, -0.2) is 19.3 Å². The third kappa shape index (κ3) is 2.92. The second-order valence-corrected chi connectivity index (χ2v) is 4.98. The predicted molar refractivity (Wildman–Crippen MR) is 75.0 cm³/mol. The third-order valence-corrected chi connectivity index (χ3v) is 3.51. The maximum Gasteiger partial charge on any atom is 0.220 e. The molecule has 2 aromatic heterocycles. The van der Waals surface area contributed by atoms with Crippen LogP contribution < -0.4 is 10.5 Å². The second kappa shape index (κ2) is 5.61. The maximum atomic E-state index is 13.4. The fraction of sp³-hybridized carbons (Fsp3) is 0.357. The molecule has 21 heavy (non-hydrogen) atoms. The summed E-state index contributed by atoms with van der Waals surface area (Å²) in [6, 6.07) is 1.46. The van der Waals surface area contributed by atoms with E-state index >= 15 is 0 Å². The van der Waals surface area contributed by atoms with Crippen LogP contribution in [-0.2, 0) is 19.5 Å². The van der Waals surface area contributed by atoms with Crippen LogP contribution in [0.25, 0.3) is 0 Å². The number of pyridine rings is 1. The van der Waals surface area contributed by atoms with Crippen LogP contribution in [-0.4, -0.2) is 33.5 Å². The SMILES string of the molecule is COc1ncc(F)cc1CN1CCc2nc(N)ncc2C1. The first-order valence-electron chi connectivity index (χ1n) is 6.66. The second-order valence-electron chi connectivity index (χ2n) is 4.98. The van der Waals surface area contributed by atoms with Crippen LogP contribution in [0.3, 0.4) is 0 Å². The summed E-state index contributed by atoms with van der Waals surface area (Å²) < 4.78 is 18.5. The van der Waals surface area contributed by atoms with Crippen molar-refractivity contribution in [2.75, 3.05) is 19.4 Å². The van der Waals surface area contributed by atoms with Crippen LogP contribution in [0.1, 0.15) is 16.8 Å². The van der Waals surface area contributed by atoms with E-state index in [-0.39, 0.29) is 5.82 Å². The van der Waals surface area contributed by atoms with Gasteiger partial charge >= 0.3 is 0 Å². The number of nitrogens with two attached hydrogens (primary N) is 1. The quantitative estimate of drug-likeness (QED) is 0.913. The molecule has 0 saturated heterocycles. The van der Waals surface area contributed by atoms with E-state index in [2.05, 4.69) is 19.9 Å². The number of nitrogen functional groups attached to an aromatic ring is 1. The Hall–Kier alpha value is -2.28. The van der Waals surface area contributed by atoms with Crippen molar-refractivity contribution in [1.29, 1.82) is 0 Å². The van der Waals surface area contributed by atoms with Gasteiger partial charge in [-0.1, -0.05) is 0 Å². The summed E-state index contributed by atoms with van der Waals surface area (Å²) in [7, 11) is 1.53. The zero-order valence-corrected chi connectivity index (χ0v) is 11.7. The molecule has 0 aliphatic carbocycles. The first-order chi connectivity index (χ1) is 10.2. The standard InChI is InChI=1S/C14H16FN5O/c1-21-13-9(4-11(15)6-17-13)7-20-3-2-12-10(8-20)5-18-14(16)19-12/h4-6H,2-3,7-8H2,1H3,(H2,16,18,19). The number of aromatic nitrogens is 3. The molecule has 3 heterocycles. The van der Waals surface area contributed by atoms with Crippen LogP contribution in [0.2, 0.25) is 0 Å². The largest absolute Gasteiger partial charge is 0.481 e. The summed E-state index contributed by atoms with van der Waals surface area (Å²) in [6.07, 6.45) is 3.71. The first-order valence-corrected chi connectivity index (χ1v) is 6.66. The number of hydrogen-bond donors (Lipinski definition) is 1. The van der Waals surface area contributed by atoms with Gasteiger partial charge in [-0.15, -0.1) is 0 Å². The van der Waals surface area contributed by atoms with Gasteiger partial charge in [-0.2, -0.15) is 0 Å².